The van der Waals surface area contributed by atoms with Gasteiger partial charge in [0, 0.05) is 23.6 Å². The molecule has 0 aliphatic rings. The van der Waals surface area contributed by atoms with Crippen LogP contribution in [0.25, 0.3) is 0 Å². The quantitative estimate of drug-likeness (QED) is 0.804. The predicted octanol–water partition coefficient (Wildman–Crippen LogP) is 2.05. The van der Waals surface area contributed by atoms with Crippen molar-refractivity contribution in [2.45, 2.75) is 13.0 Å². The van der Waals surface area contributed by atoms with Gasteiger partial charge in [-0.25, -0.2) is 0 Å². The Labute approximate surface area is 94.6 Å². The summed E-state index contributed by atoms with van der Waals surface area (Å²) in [5.74, 6) is 0. The molecular weight excluding hydrogens is 200 g/mol. The molecule has 0 fully saturated rings. The zero-order valence-corrected chi connectivity index (χ0v) is 9.09. The summed E-state index contributed by atoms with van der Waals surface area (Å²) in [5.41, 5.74) is 8.98. The van der Waals surface area contributed by atoms with Crippen molar-refractivity contribution in [1.82, 2.24) is 4.98 Å². The molecule has 0 saturated carbocycles. The summed E-state index contributed by atoms with van der Waals surface area (Å²) in [7, 11) is 0. The second-order valence-corrected chi connectivity index (χ2v) is 3.82. The summed E-state index contributed by atoms with van der Waals surface area (Å²) in [6, 6.07) is 9.40. The Balaban J connectivity index is 2.35. The highest BCUT2D eigenvalue weighted by molar-refractivity contribution is 5.48. The highest BCUT2D eigenvalue weighted by Gasteiger charge is 2.12. The second kappa shape index (κ2) is 4.33. The summed E-state index contributed by atoms with van der Waals surface area (Å²) >= 11 is 0. The first-order valence-electron chi connectivity index (χ1n) is 5.12. The van der Waals surface area contributed by atoms with Gasteiger partial charge < -0.3 is 10.8 Å². The molecule has 0 radical (unpaired) electrons. The third-order valence-corrected chi connectivity index (χ3v) is 2.57. The highest BCUT2D eigenvalue weighted by Crippen LogP contribution is 2.25. The molecule has 2 aromatic rings. The molecule has 2 rings (SSSR count). The molecule has 0 amide bonds. The van der Waals surface area contributed by atoms with E-state index in [1.807, 2.05) is 31.2 Å². The number of aryl methyl sites for hydroxylation is 1. The van der Waals surface area contributed by atoms with Gasteiger partial charge in [-0.15, -0.1) is 0 Å². The van der Waals surface area contributed by atoms with Crippen LogP contribution in [0.5, 0.6) is 0 Å². The number of nitrogen functional groups attached to an aromatic ring is 1. The van der Waals surface area contributed by atoms with Crippen LogP contribution in [0.3, 0.4) is 0 Å². The zero-order chi connectivity index (χ0) is 11.5. The normalized spacial score (nSPS) is 12.4. The summed E-state index contributed by atoms with van der Waals surface area (Å²) in [4.78, 5) is 3.97. The van der Waals surface area contributed by atoms with Gasteiger partial charge in [-0.1, -0.05) is 29.8 Å². The number of hydrogen-bond acceptors (Lipinski definition) is 3. The van der Waals surface area contributed by atoms with Crippen LogP contribution in [0.2, 0.25) is 0 Å². The second-order valence-electron chi connectivity index (χ2n) is 3.82. The van der Waals surface area contributed by atoms with Crippen molar-refractivity contribution in [2.75, 3.05) is 5.73 Å². The molecule has 1 aromatic heterocycles. The number of aliphatic hydroxyl groups excluding tert-OH is 1. The fourth-order valence-corrected chi connectivity index (χ4v) is 1.57. The Morgan fingerprint density at radius 1 is 1.19 bits per heavy atom. The van der Waals surface area contributed by atoms with Crippen LogP contribution in [0.1, 0.15) is 22.8 Å². The number of aromatic nitrogens is 1. The Hall–Kier alpha value is -1.87. The first-order valence-corrected chi connectivity index (χ1v) is 5.12. The van der Waals surface area contributed by atoms with Crippen LogP contribution in [0.15, 0.2) is 42.7 Å². The van der Waals surface area contributed by atoms with Gasteiger partial charge in [0.15, 0.2) is 0 Å². The van der Waals surface area contributed by atoms with E-state index >= 15 is 0 Å². The number of benzene rings is 1. The van der Waals surface area contributed by atoms with Crippen molar-refractivity contribution in [3.8, 4) is 0 Å². The highest BCUT2D eigenvalue weighted by atomic mass is 16.3. The van der Waals surface area contributed by atoms with Gasteiger partial charge in [-0.3, -0.25) is 4.98 Å². The molecule has 1 heterocycles. The number of aliphatic hydroxyl groups is 1. The number of rotatable bonds is 2. The lowest BCUT2D eigenvalue weighted by atomic mass is 10.0. The van der Waals surface area contributed by atoms with Crippen molar-refractivity contribution < 1.29 is 5.11 Å². The molecule has 82 valence electrons. The van der Waals surface area contributed by atoms with E-state index in [-0.39, 0.29) is 0 Å². The van der Waals surface area contributed by atoms with Crippen molar-refractivity contribution in [1.29, 1.82) is 0 Å². The van der Waals surface area contributed by atoms with Crippen molar-refractivity contribution in [3.05, 3.63) is 59.4 Å². The monoisotopic (exact) mass is 214 g/mol. The fourth-order valence-electron chi connectivity index (χ4n) is 1.57. The Morgan fingerprint density at radius 2 is 1.88 bits per heavy atom. The van der Waals surface area contributed by atoms with E-state index in [1.54, 1.807) is 18.5 Å². The van der Waals surface area contributed by atoms with E-state index in [4.69, 9.17) is 5.73 Å². The van der Waals surface area contributed by atoms with Crippen LogP contribution in [0, 0.1) is 6.92 Å². The average Bonchev–Trinajstić information content (AvgIpc) is 2.30. The molecule has 1 unspecified atom stereocenters. The number of anilines is 1. The molecule has 3 heteroatoms. The van der Waals surface area contributed by atoms with Crippen LogP contribution in [-0.4, -0.2) is 10.1 Å². The zero-order valence-electron chi connectivity index (χ0n) is 9.09. The van der Waals surface area contributed by atoms with Crippen molar-refractivity contribution in [2.24, 2.45) is 0 Å². The van der Waals surface area contributed by atoms with E-state index in [0.29, 0.717) is 11.3 Å². The molecule has 3 N–H and O–H groups in total. The first kappa shape index (κ1) is 10.6. The van der Waals surface area contributed by atoms with Crippen LogP contribution in [-0.2, 0) is 0 Å². The minimum absolute atomic E-state index is 0.558. The SMILES string of the molecule is Cc1ccc(C(O)c2cnccc2N)cc1. The van der Waals surface area contributed by atoms with E-state index in [2.05, 4.69) is 4.98 Å². The molecule has 1 atom stereocenters. The minimum Gasteiger partial charge on any atom is -0.398 e. The van der Waals surface area contributed by atoms with Gasteiger partial charge >= 0.3 is 0 Å². The lowest BCUT2D eigenvalue weighted by Crippen LogP contribution is -2.04. The smallest absolute Gasteiger partial charge is 0.108 e. The van der Waals surface area contributed by atoms with Crippen molar-refractivity contribution in [3.63, 3.8) is 0 Å². The average molecular weight is 214 g/mol. The third-order valence-electron chi connectivity index (χ3n) is 2.57. The van der Waals surface area contributed by atoms with Gasteiger partial charge in [0.25, 0.3) is 0 Å². The topological polar surface area (TPSA) is 59.1 Å². The molecule has 16 heavy (non-hydrogen) atoms. The third kappa shape index (κ3) is 2.04. The maximum absolute atomic E-state index is 10.1. The van der Waals surface area contributed by atoms with E-state index in [1.165, 1.54) is 0 Å². The molecule has 0 aliphatic carbocycles. The maximum Gasteiger partial charge on any atom is 0.108 e. The summed E-state index contributed by atoms with van der Waals surface area (Å²) in [6.45, 7) is 2.01. The molecule has 0 aliphatic heterocycles. The predicted molar refractivity (Wildman–Crippen MR) is 63.9 cm³/mol. The Bertz CT molecular complexity index is 480. The summed E-state index contributed by atoms with van der Waals surface area (Å²) in [5, 5.41) is 10.1. The number of nitrogens with two attached hydrogens (primary N) is 1. The standard InChI is InChI=1S/C13H14N2O/c1-9-2-4-10(5-3-9)13(16)11-8-15-7-6-12(11)14/h2-8,13,16H,1H3,(H2,14,15). The van der Waals surface area contributed by atoms with Gasteiger partial charge in [-0.05, 0) is 18.6 Å². The van der Waals surface area contributed by atoms with E-state index in [9.17, 15) is 5.11 Å². The van der Waals surface area contributed by atoms with Gasteiger partial charge in [0.1, 0.15) is 6.10 Å². The van der Waals surface area contributed by atoms with Crippen molar-refractivity contribution >= 4 is 5.69 Å². The number of hydrogen-bond donors (Lipinski definition) is 2. The summed E-state index contributed by atoms with van der Waals surface area (Å²) in [6.07, 6.45) is 2.50. The largest absolute Gasteiger partial charge is 0.398 e. The molecular formula is C13H14N2O. The minimum atomic E-state index is -0.714. The molecule has 1 aromatic carbocycles. The fraction of sp³-hybridized carbons (Fsp3) is 0.154. The maximum atomic E-state index is 10.1. The van der Waals surface area contributed by atoms with Gasteiger partial charge in [0.2, 0.25) is 0 Å². The van der Waals surface area contributed by atoms with Crippen LogP contribution in [0.4, 0.5) is 5.69 Å². The molecule has 0 bridgehead atoms. The lowest BCUT2D eigenvalue weighted by Gasteiger charge is -2.13. The van der Waals surface area contributed by atoms with E-state index in [0.717, 1.165) is 11.1 Å². The van der Waals surface area contributed by atoms with E-state index < -0.39 is 6.10 Å². The van der Waals surface area contributed by atoms with Crippen LogP contribution >= 0.6 is 0 Å². The van der Waals surface area contributed by atoms with Gasteiger partial charge in [0.05, 0.1) is 0 Å². The van der Waals surface area contributed by atoms with Gasteiger partial charge in [-0.2, -0.15) is 0 Å². The molecule has 3 nitrogen and oxygen atoms in total. The Kier molecular flexibility index (Phi) is 2.88. The lowest BCUT2D eigenvalue weighted by molar-refractivity contribution is 0.220. The summed E-state index contributed by atoms with van der Waals surface area (Å²) < 4.78 is 0. The number of pyridine rings is 1. The Morgan fingerprint density at radius 3 is 2.50 bits per heavy atom. The van der Waals surface area contributed by atoms with Crippen LogP contribution < -0.4 is 5.73 Å². The molecule has 0 saturated heterocycles. The number of nitrogens with zero attached hydrogens (tertiary/aromatic N) is 1. The molecule has 0 spiro atoms. The first-order chi connectivity index (χ1) is 7.68.